The maximum absolute atomic E-state index is 12.8. The predicted molar refractivity (Wildman–Crippen MR) is 125 cm³/mol. The molecule has 7 nitrogen and oxygen atoms in total. The summed E-state index contributed by atoms with van der Waals surface area (Å²) in [4.78, 5) is 29.1. The summed E-state index contributed by atoms with van der Waals surface area (Å²) in [5.41, 5.74) is 4.01. The first-order chi connectivity index (χ1) is 15.4. The lowest BCUT2D eigenvalue weighted by atomic mass is 10.1. The molecule has 0 bridgehead atoms. The lowest BCUT2D eigenvalue weighted by Gasteiger charge is -2.34. The Labute approximate surface area is 192 Å². The van der Waals surface area contributed by atoms with E-state index in [2.05, 4.69) is 42.2 Å². The maximum atomic E-state index is 12.8. The average molecular weight is 450 g/mol. The van der Waals surface area contributed by atoms with E-state index in [1.54, 1.807) is 0 Å². The van der Waals surface area contributed by atoms with Crippen molar-refractivity contribution in [1.29, 1.82) is 0 Å². The maximum Gasteiger partial charge on any atom is 0.253 e. The molecule has 1 aliphatic heterocycles. The molecule has 0 unspecified atom stereocenters. The third-order valence-corrected chi connectivity index (χ3v) is 6.58. The van der Waals surface area contributed by atoms with Gasteiger partial charge in [0.2, 0.25) is 5.91 Å². The van der Waals surface area contributed by atoms with Crippen LogP contribution in [0.4, 0.5) is 0 Å². The van der Waals surface area contributed by atoms with Crippen molar-refractivity contribution >= 4 is 23.6 Å². The molecular weight excluding hydrogens is 422 g/mol. The SMILES string of the molecule is Cc1ccc(C)c(-n2c(C)nnc2SCC(=O)N2CCN(C(=O)c3ccccc3)CC2)c1. The van der Waals surface area contributed by atoms with Gasteiger partial charge in [-0.15, -0.1) is 10.2 Å². The van der Waals surface area contributed by atoms with Gasteiger partial charge in [0.15, 0.2) is 5.16 Å². The molecule has 0 radical (unpaired) electrons. The second-order valence-electron chi connectivity index (χ2n) is 7.98. The number of thioether (sulfide) groups is 1. The van der Waals surface area contributed by atoms with Crippen LogP contribution in [0.1, 0.15) is 27.3 Å². The molecule has 8 heteroatoms. The van der Waals surface area contributed by atoms with Crippen molar-refractivity contribution in [2.24, 2.45) is 0 Å². The van der Waals surface area contributed by atoms with E-state index in [9.17, 15) is 9.59 Å². The Balaban J connectivity index is 1.36. The zero-order chi connectivity index (χ0) is 22.7. The highest BCUT2D eigenvalue weighted by molar-refractivity contribution is 7.99. The van der Waals surface area contributed by atoms with Crippen LogP contribution in [0.3, 0.4) is 0 Å². The van der Waals surface area contributed by atoms with Gasteiger partial charge in [0.05, 0.1) is 11.4 Å². The lowest BCUT2D eigenvalue weighted by molar-refractivity contribution is -0.129. The lowest BCUT2D eigenvalue weighted by Crippen LogP contribution is -2.51. The summed E-state index contributed by atoms with van der Waals surface area (Å²) in [5.74, 6) is 1.15. The zero-order valence-corrected chi connectivity index (χ0v) is 19.4. The van der Waals surface area contributed by atoms with Gasteiger partial charge >= 0.3 is 0 Å². The van der Waals surface area contributed by atoms with Crippen molar-refractivity contribution in [1.82, 2.24) is 24.6 Å². The zero-order valence-electron chi connectivity index (χ0n) is 18.6. The monoisotopic (exact) mass is 449 g/mol. The van der Waals surface area contributed by atoms with Gasteiger partial charge < -0.3 is 9.80 Å². The van der Waals surface area contributed by atoms with Crippen LogP contribution in [0.15, 0.2) is 53.7 Å². The molecule has 0 N–H and O–H groups in total. The van der Waals surface area contributed by atoms with Gasteiger partial charge in [-0.25, -0.2) is 0 Å². The highest BCUT2D eigenvalue weighted by Gasteiger charge is 2.25. The summed E-state index contributed by atoms with van der Waals surface area (Å²) >= 11 is 1.40. The second kappa shape index (κ2) is 9.56. The Bertz CT molecular complexity index is 1120. The number of carbonyl (C=O) groups is 2. The first-order valence-corrected chi connectivity index (χ1v) is 11.7. The summed E-state index contributed by atoms with van der Waals surface area (Å²) in [7, 11) is 0. The molecule has 2 amide bonds. The molecular formula is C24H27N5O2S. The molecule has 1 saturated heterocycles. The molecule has 1 fully saturated rings. The molecule has 0 spiro atoms. The minimum Gasteiger partial charge on any atom is -0.338 e. The van der Waals surface area contributed by atoms with Gasteiger partial charge in [0, 0.05) is 31.7 Å². The first-order valence-electron chi connectivity index (χ1n) is 10.7. The summed E-state index contributed by atoms with van der Waals surface area (Å²) in [6.07, 6.45) is 0. The van der Waals surface area contributed by atoms with Crippen molar-refractivity contribution in [3.05, 3.63) is 71.0 Å². The number of benzene rings is 2. The van der Waals surface area contributed by atoms with Gasteiger partial charge in [0.1, 0.15) is 5.82 Å². The molecule has 0 saturated carbocycles. The van der Waals surface area contributed by atoms with Crippen molar-refractivity contribution in [2.45, 2.75) is 25.9 Å². The number of amides is 2. The number of hydrogen-bond donors (Lipinski definition) is 0. The molecule has 1 aliphatic rings. The number of piperazine rings is 1. The molecule has 0 atom stereocenters. The van der Waals surface area contributed by atoms with E-state index in [1.165, 1.54) is 11.8 Å². The van der Waals surface area contributed by atoms with Crippen LogP contribution in [-0.4, -0.2) is 68.3 Å². The van der Waals surface area contributed by atoms with E-state index in [4.69, 9.17) is 0 Å². The van der Waals surface area contributed by atoms with Gasteiger partial charge in [-0.2, -0.15) is 0 Å². The minimum absolute atomic E-state index is 0.0178. The molecule has 1 aromatic heterocycles. The highest BCUT2D eigenvalue weighted by Crippen LogP contribution is 2.25. The van der Waals surface area contributed by atoms with Gasteiger partial charge in [0.25, 0.3) is 5.91 Å². The Morgan fingerprint density at radius 1 is 0.906 bits per heavy atom. The largest absolute Gasteiger partial charge is 0.338 e. The third kappa shape index (κ3) is 4.70. The molecule has 3 aromatic rings. The Kier molecular flexibility index (Phi) is 6.60. The summed E-state index contributed by atoms with van der Waals surface area (Å²) in [5, 5.41) is 9.25. The van der Waals surface area contributed by atoms with E-state index in [-0.39, 0.29) is 17.6 Å². The molecule has 0 aliphatic carbocycles. The van der Waals surface area contributed by atoms with Crippen LogP contribution >= 0.6 is 11.8 Å². The van der Waals surface area contributed by atoms with Crippen LogP contribution in [0.5, 0.6) is 0 Å². The van der Waals surface area contributed by atoms with Crippen LogP contribution in [0.2, 0.25) is 0 Å². The van der Waals surface area contributed by atoms with E-state index >= 15 is 0 Å². The van der Waals surface area contributed by atoms with E-state index in [0.29, 0.717) is 36.9 Å². The second-order valence-corrected chi connectivity index (χ2v) is 8.93. The molecule has 166 valence electrons. The van der Waals surface area contributed by atoms with Crippen molar-refractivity contribution < 1.29 is 9.59 Å². The number of aromatic nitrogens is 3. The third-order valence-electron chi connectivity index (χ3n) is 5.67. The number of nitrogens with zero attached hydrogens (tertiary/aromatic N) is 5. The standard InChI is InChI=1S/C24H27N5O2S/c1-17-9-10-18(2)21(15-17)29-19(3)25-26-24(29)32-16-22(30)27-11-13-28(14-12-27)23(31)20-7-5-4-6-8-20/h4-10,15H,11-14,16H2,1-3H3. The van der Waals surface area contributed by atoms with Crippen molar-refractivity contribution in [3.63, 3.8) is 0 Å². The molecule has 4 rings (SSSR count). The fourth-order valence-electron chi connectivity index (χ4n) is 3.81. The Hall–Kier alpha value is -3.13. The minimum atomic E-state index is 0.0178. The van der Waals surface area contributed by atoms with Crippen LogP contribution in [0.25, 0.3) is 5.69 Å². The topological polar surface area (TPSA) is 71.3 Å². The predicted octanol–water partition coefficient (Wildman–Crippen LogP) is 3.27. The molecule has 32 heavy (non-hydrogen) atoms. The van der Waals surface area contributed by atoms with Gasteiger partial charge in [-0.1, -0.05) is 42.1 Å². The number of carbonyl (C=O) groups excluding carboxylic acids is 2. The van der Waals surface area contributed by atoms with Crippen LogP contribution in [0, 0.1) is 20.8 Å². The number of aryl methyl sites for hydroxylation is 3. The Morgan fingerprint density at radius 2 is 1.59 bits per heavy atom. The molecule has 2 heterocycles. The fourth-order valence-corrected chi connectivity index (χ4v) is 4.71. The number of hydrogen-bond acceptors (Lipinski definition) is 5. The summed E-state index contributed by atoms with van der Waals surface area (Å²) in [6, 6.07) is 15.5. The van der Waals surface area contributed by atoms with Crippen LogP contribution < -0.4 is 0 Å². The van der Waals surface area contributed by atoms with Gasteiger partial charge in [-0.05, 0) is 50.1 Å². The fraction of sp³-hybridized carbons (Fsp3) is 0.333. The number of rotatable bonds is 5. The Morgan fingerprint density at radius 3 is 2.31 bits per heavy atom. The quantitative estimate of drug-likeness (QED) is 0.559. The normalized spacial score (nSPS) is 14.0. The average Bonchev–Trinajstić information content (AvgIpc) is 3.19. The highest BCUT2D eigenvalue weighted by atomic mass is 32.2. The first kappa shape index (κ1) is 22.1. The van der Waals surface area contributed by atoms with Crippen molar-refractivity contribution in [2.75, 3.05) is 31.9 Å². The van der Waals surface area contributed by atoms with Crippen molar-refractivity contribution in [3.8, 4) is 5.69 Å². The van der Waals surface area contributed by atoms with E-state index in [1.807, 2.05) is 51.6 Å². The van der Waals surface area contributed by atoms with Crippen LogP contribution in [-0.2, 0) is 4.79 Å². The smallest absolute Gasteiger partial charge is 0.253 e. The van der Waals surface area contributed by atoms with E-state index < -0.39 is 0 Å². The van der Waals surface area contributed by atoms with Gasteiger partial charge in [-0.3, -0.25) is 14.2 Å². The van der Waals surface area contributed by atoms with E-state index in [0.717, 1.165) is 22.6 Å². The molecule has 2 aromatic carbocycles. The summed E-state index contributed by atoms with van der Waals surface area (Å²) < 4.78 is 2.01. The summed E-state index contributed by atoms with van der Waals surface area (Å²) in [6.45, 7) is 8.21.